The zero-order valence-electron chi connectivity index (χ0n) is 12.3. The lowest BCUT2D eigenvalue weighted by Crippen LogP contribution is -2.41. The van der Waals surface area contributed by atoms with Crippen molar-refractivity contribution in [3.63, 3.8) is 0 Å². The quantitative estimate of drug-likeness (QED) is 0.899. The summed E-state index contributed by atoms with van der Waals surface area (Å²) >= 11 is 0. The van der Waals surface area contributed by atoms with Crippen molar-refractivity contribution >= 4 is 11.6 Å². The number of benzene rings is 1. The Labute approximate surface area is 125 Å². The number of hydrogen-bond donors (Lipinski definition) is 1. The predicted octanol–water partition coefficient (Wildman–Crippen LogP) is 2.00. The Bertz CT molecular complexity index is 507. The Hall–Kier alpha value is -1.90. The lowest BCUT2D eigenvalue weighted by Gasteiger charge is -2.30. The largest absolute Gasteiger partial charge is 0.376 e. The lowest BCUT2D eigenvalue weighted by atomic mass is 10.2. The van der Waals surface area contributed by atoms with E-state index in [1.54, 1.807) is 24.3 Å². The van der Waals surface area contributed by atoms with Crippen LogP contribution in [0, 0.1) is 11.3 Å². The molecule has 5 nitrogen and oxygen atoms in total. The molecule has 1 amide bonds. The summed E-state index contributed by atoms with van der Waals surface area (Å²) in [5, 5.41) is 11.6. The van der Waals surface area contributed by atoms with Gasteiger partial charge < -0.3 is 10.1 Å². The van der Waals surface area contributed by atoms with Gasteiger partial charge in [0.05, 0.1) is 24.3 Å². The van der Waals surface area contributed by atoms with Gasteiger partial charge in [0.25, 0.3) is 0 Å². The van der Waals surface area contributed by atoms with Crippen molar-refractivity contribution in [2.45, 2.75) is 25.9 Å². The molecule has 1 aliphatic heterocycles. The first-order chi connectivity index (χ1) is 10.2. The number of morpholine rings is 1. The molecule has 112 valence electrons. The highest BCUT2D eigenvalue weighted by Gasteiger charge is 2.16. The summed E-state index contributed by atoms with van der Waals surface area (Å²) in [6, 6.07) is 8.95. The Morgan fingerprint density at radius 3 is 2.90 bits per heavy atom. The van der Waals surface area contributed by atoms with Crippen LogP contribution in [0.15, 0.2) is 24.3 Å². The average Bonchev–Trinajstić information content (AvgIpc) is 2.48. The number of amides is 1. The molecule has 1 aliphatic rings. The molecule has 21 heavy (non-hydrogen) atoms. The normalized spacial score (nSPS) is 19.0. The van der Waals surface area contributed by atoms with E-state index in [0.29, 0.717) is 12.0 Å². The van der Waals surface area contributed by atoms with Crippen molar-refractivity contribution < 1.29 is 9.53 Å². The molecule has 1 unspecified atom stereocenters. The van der Waals surface area contributed by atoms with Crippen LogP contribution in [0.4, 0.5) is 5.69 Å². The second-order valence-corrected chi connectivity index (χ2v) is 5.32. The molecule has 0 bridgehead atoms. The fourth-order valence-corrected chi connectivity index (χ4v) is 2.41. The smallest absolute Gasteiger partial charge is 0.224 e. The molecule has 1 saturated heterocycles. The highest BCUT2D eigenvalue weighted by Crippen LogP contribution is 2.10. The third kappa shape index (κ3) is 5.18. The van der Waals surface area contributed by atoms with E-state index in [9.17, 15) is 4.79 Å². The number of carbonyl (C=O) groups is 1. The molecular formula is C16H21N3O2. The van der Waals surface area contributed by atoms with Crippen molar-refractivity contribution in [2.75, 3.05) is 31.6 Å². The molecule has 0 spiro atoms. The van der Waals surface area contributed by atoms with Crippen LogP contribution in [0.1, 0.15) is 25.3 Å². The third-order valence-corrected chi connectivity index (χ3v) is 3.50. The van der Waals surface area contributed by atoms with Gasteiger partial charge in [-0.3, -0.25) is 9.69 Å². The van der Waals surface area contributed by atoms with E-state index in [-0.39, 0.29) is 12.0 Å². The molecule has 5 heteroatoms. The monoisotopic (exact) mass is 287 g/mol. The average molecular weight is 287 g/mol. The summed E-state index contributed by atoms with van der Waals surface area (Å²) < 4.78 is 5.49. The van der Waals surface area contributed by atoms with Crippen molar-refractivity contribution in [1.82, 2.24) is 4.90 Å². The highest BCUT2D eigenvalue weighted by atomic mass is 16.5. The van der Waals surface area contributed by atoms with E-state index >= 15 is 0 Å². The lowest BCUT2D eigenvalue weighted by molar-refractivity contribution is -0.116. The fraction of sp³-hybridized carbons (Fsp3) is 0.500. The summed E-state index contributed by atoms with van der Waals surface area (Å²) in [7, 11) is 0. The van der Waals surface area contributed by atoms with Crippen molar-refractivity contribution in [3.05, 3.63) is 29.8 Å². The summed E-state index contributed by atoms with van der Waals surface area (Å²) in [6.45, 7) is 5.66. The van der Waals surface area contributed by atoms with Crippen LogP contribution in [0.5, 0.6) is 0 Å². The molecule has 1 aromatic carbocycles. The fourth-order valence-electron chi connectivity index (χ4n) is 2.41. The second kappa shape index (κ2) is 7.77. The molecule has 0 radical (unpaired) electrons. The van der Waals surface area contributed by atoms with E-state index in [2.05, 4.69) is 23.2 Å². The molecule has 1 aromatic rings. The van der Waals surface area contributed by atoms with E-state index in [4.69, 9.17) is 10.00 Å². The Balaban J connectivity index is 1.68. The summed E-state index contributed by atoms with van der Waals surface area (Å²) in [6.07, 6.45) is 1.63. The maximum absolute atomic E-state index is 11.9. The second-order valence-electron chi connectivity index (χ2n) is 5.32. The number of carbonyl (C=O) groups excluding carboxylic acids is 1. The first-order valence-corrected chi connectivity index (χ1v) is 7.31. The van der Waals surface area contributed by atoms with Gasteiger partial charge in [-0.25, -0.2) is 0 Å². The zero-order chi connectivity index (χ0) is 15.1. The van der Waals surface area contributed by atoms with Crippen LogP contribution < -0.4 is 5.32 Å². The molecule has 2 rings (SSSR count). The van der Waals surface area contributed by atoms with Gasteiger partial charge in [-0.2, -0.15) is 5.26 Å². The maximum Gasteiger partial charge on any atom is 0.224 e. The van der Waals surface area contributed by atoms with Gasteiger partial charge in [-0.15, -0.1) is 0 Å². The standard InChI is InChI=1S/C16H21N3O2/c1-13-12-19(9-10-21-13)8-2-3-16(20)18-15-6-4-14(11-17)5-7-15/h4-7,13H,2-3,8-10,12H2,1H3,(H,18,20). The van der Waals surface area contributed by atoms with Crippen LogP contribution in [-0.4, -0.2) is 43.2 Å². The number of anilines is 1. The Kier molecular flexibility index (Phi) is 5.73. The van der Waals surface area contributed by atoms with E-state index in [0.717, 1.165) is 38.3 Å². The third-order valence-electron chi connectivity index (χ3n) is 3.50. The molecule has 1 atom stereocenters. The first kappa shape index (κ1) is 15.5. The minimum Gasteiger partial charge on any atom is -0.376 e. The molecule has 1 fully saturated rings. The highest BCUT2D eigenvalue weighted by molar-refractivity contribution is 5.90. The predicted molar refractivity (Wildman–Crippen MR) is 80.9 cm³/mol. The number of nitrogens with zero attached hydrogens (tertiary/aromatic N) is 2. The molecule has 0 saturated carbocycles. The molecular weight excluding hydrogens is 266 g/mol. The number of rotatable bonds is 5. The summed E-state index contributed by atoms with van der Waals surface area (Å²) in [5.74, 6) is 0.0148. The van der Waals surface area contributed by atoms with Crippen LogP contribution in [-0.2, 0) is 9.53 Å². The van der Waals surface area contributed by atoms with Gasteiger partial charge in [0.15, 0.2) is 0 Å². The van der Waals surface area contributed by atoms with E-state index < -0.39 is 0 Å². The van der Waals surface area contributed by atoms with Crippen LogP contribution >= 0.6 is 0 Å². The molecule has 1 N–H and O–H groups in total. The van der Waals surface area contributed by atoms with Gasteiger partial charge in [-0.05, 0) is 44.2 Å². The van der Waals surface area contributed by atoms with E-state index in [1.165, 1.54) is 0 Å². The van der Waals surface area contributed by atoms with E-state index in [1.807, 2.05) is 0 Å². The van der Waals surface area contributed by atoms with Crippen molar-refractivity contribution in [2.24, 2.45) is 0 Å². The zero-order valence-corrected chi connectivity index (χ0v) is 12.3. The number of ether oxygens (including phenoxy) is 1. The van der Waals surface area contributed by atoms with Crippen molar-refractivity contribution in [3.8, 4) is 6.07 Å². The Morgan fingerprint density at radius 1 is 1.48 bits per heavy atom. The van der Waals surface area contributed by atoms with Gasteiger partial charge in [0, 0.05) is 25.2 Å². The topological polar surface area (TPSA) is 65.4 Å². The minimum absolute atomic E-state index is 0.0148. The molecule has 1 heterocycles. The van der Waals surface area contributed by atoms with Gasteiger partial charge in [-0.1, -0.05) is 0 Å². The maximum atomic E-state index is 11.9. The van der Waals surface area contributed by atoms with Gasteiger partial charge in [0.1, 0.15) is 0 Å². The van der Waals surface area contributed by atoms with Crippen molar-refractivity contribution in [1.29, 1.82) is 5.26 Å². The number of nitrogens with one attached hydrogen (secondary N) is 1. The number of nitriles is 1. The summed E-state index contributed by atoms with van der Waals surface area (Å²) in [5.41, 5.74) is 1.33. The summed E-state index contributed by atoms with van der Waals surface area (Å²) in [4.78, 5) is 14.2. The molecule has 0 aliphatic carbocycles. The SMILES string of the molecule is CC1CN(CCCC(=O)Nc2ccc(C#N)cc2)CCO1. The number of hydrogen-bond acceptors (Lipinski definition) is 4. The molecule has 0 aromatic heterocycles. The van der Waals surface area contributed by atoms with Crippen LogP contribution in [0.2, 0.25) is 0 Å². The minimum atomic E-state index is 0.0148. The van der Waals surface area contributed by atoms with Gasteiger partial charge in [0.2, 0.25) is 5.91 Å². The van der Waals surface area contributed by atoms with Crippen LogP contribution in [0.25, 0.3) is 0 Å². The van der Waals surface area contributed by atoms with Gasteiger partial charge >= 0.3 is 0 Å². The Morgan fingerprint density at radius 2 is 2.24 bits per heavy atom. The van der Waals surface area contributed by atoms with Crippen LogP contribution in [0.3, 0.4) is 0 Å². The first-order valence-electron chi connectivity index (χ1n) is 7.31.